The summed E-state index contributed by atoms with van der Waals surface area (Å²) in [6.45, 7) is 2.27. The van der Waals surface area contributed by atoms with Gasteiger partial charge in [0.1, 0.15) is 6.04 Å². The van der Waals surface area contributed by atoms with Crippen molar-refractivity contribution in [3.8, 4) is 0 Å². The maximum atomic E-state index is 13.4. The molecule has 0 spiro atoms. The molecule has 2 bridgehead atoms. The lowest BCUT2D eigenvalue weighted by molar-refractivity contribution is -0.199. The van der Waals surface area contributed by atoms with Gasteiger partial charge >= 0.3 is 5.97 Å². The minimum absolute atomic E-state index is 0.104. The van der Waals surface area contributed by atoms with Gasteiger partial charge < -0.3 is 29.0 Å². The number of hydrogen-bond donors (Lipinski definition) is 2. The summed E-state index contributed by atoms with van der Waals surface area (Å²) in [5.41, 5.74) is 1.46. The monoisotopic (exact) mass is 467 g/mol. The van der Waals surface area contributed by atoms with Crippen LogP contribution in [-0.4, -0.2) is 45.4 Å². The Bertz CT molecular complexity index is 1830. The molecule has 1 fully saturated rings. The van der Waals surface area contributed by atoms with E-state index in [-0.39, 0.29) is 12.5 Å². The largest absolute Gasteiger partial charge is 0.467 e. The number of benzene rings is 3. The van der Waals surface area contributed by atoms with E-state index in [1.807, 2.05) is 57.7 Å². The third kappa shape index (κ3) is 1.83. The minimum Gasteiger partial charge on any atom is -0.467 e. The molecule has 0 saturated carbocycles. The molecule has 174 valence electrons. The molecule has 0 unspecified atom stereocenters. The van der Waals surface area contributed by atoms with Gasteiger partial charge in [-0.1, -0.05) is 36.4 Å². The lowest BCUT2D eigenvalue weighted by Gasteiger charge is -2.38. The second-order valence-corrected chi connectivity index (χ2v) is 9.79. The Kier molecular flexibility index (Phi) is 3.24. The second-order valence-electron chi connectivity index (χ2n) is 9.79. The van der Waals surface area contributed by atoms with Gasteiger partial charge in [-0.25, -0.2) is 4.79 Å². The number of nitrogens with one attached hydrogen (secondary N) is 1. The van der Waals surface area contributed by atoms with Gasteiger partial charge in [0, 0.05) is 33.6 Å². The van der Waals surface area contributed by atoms with E-state index in [0.717, 1.165) is 49.2 Å². The number of esters is 1. The number of ether oxygens (including phenoxy) is 2. The van der Waals surface area contributed by atoms with Gasteiger partial charge in [0.2, 0.25) is 5.60 Å². The standard InChI is InChI=1S/C27H21N3O5/c1-26-27(33,25(32)34-2)18(12-35-26)29-16-9-5-3-7-13(16)20-21-15(11-28-24(21)31)19-14-8-4-6-10-17(14)30(26)23(19)22(20)29/h3-10,18,33H,11-12H2,1-2H3,(H,28,31)/t18-,26-,27-/m1/s1. The van der Waals surface area contributed by atoms with Crippen LogP contribution in [0, 0.1) is 0 Å². The van der Waals surface area contributed by atoms with Crippen LogP contribution in [0.2, 0.25) is 0 Å². The first-order valence-corrected chi connectivity index (χ1v) is 11.7. The van der Waals surface area contributed by atoms with Gasteiger partial charge in [0.05, 0.1) is 35.8 Å². The highest BCUT2D eigenvalue weighted by Gasteiger charge is 2.68. The molecule has 5 heterocycles. The van der Waals surface area contributed by atoms with Crippen LogP contribution < -0.4 is 5.32 Å². The van der Waals surface area contributed by atoms with Crippen molar-refractivity contribution in [1.29, 1.82) is 0 Å². The Morgan fingerprint density at radius 1 is 1.09 bits per heavy atom. The zero-order chi connectivity index (χ0) is 23.9. The maximum absolute atomic E-state index is 13.4. The average Bonchev–Trinajstić information content (AvgIpc) is 3.57. The van der Waals surface area contributed by atoms with Crippen LogP contribution in [-0.2, 0) is 26.5 Å². The maximum Gasteiger partial charge on any atom is 0.345 e. The number of fused-ring (bicyclic) bond motifs is 13. The number of carbonyl (C=O) groups excluding carboxylic acids is 2. The van der Waals surface area contributed by atoms with Crippen LogP contribution in [0.3, 0.4) is 0 Å². The van der Waals surface area contributed by atoms with Crippen molar-refractivity contribution in [3.05, 3.63) is 59.7 Å². The van der Waals surface area contributed by atoms with Crippen LogP contribution in [0.1, 0.15) is 28.9 Å². The number of methoxy groups -OCH3 is 1. The topological polar surface area (TPSA) is 94.7 Å². The number of rotatable bonds is 1. The number of aliphatic hydroxyl groups is 1. The lowest BCUT2D eigenvalue weighted by Crippen LogP contribution is -2.59. The Morgan fingerprint density at radius 2 is 1.77 bits per heavy atom. The highest BCUT2D eigenvalue weighted by Crippen LogP contribution is 2.57. The molecule has 3 atom stereocenters. The van der Waals surface area contributed by atoms with Gasteiger partial charge in [-0.05, 0) is 24.6 Å². The first-order valence-electron chi connectivity index (χ1n) is 11.7. The second kappa shape index (κ2) is 5.84. The lowest BCUT2D eigenvalue weighted by atomic mass is 9.86. The van der Waals surface area contributed by atoms with Gasteiger partial charge in [-0.3, -0.25) is 4.79 Å². The van der Waals surface area contributed by atoms with Crippen LogP contribution in [0.5, 0.6) is 0 Å². The summed E-state index contributed by atoms with van der Waals surface area (Å²) in [7, 11) is 1.28. The zero-order valence-electron chi connectivity index (χ0n) is 19.1. The molecule has 8 rings (SSSR count). The smallest absolute Gasteiger partial charge is 0.345 e. The van der Waals surface area contributed by atoms with Crippen molar-refractivity contribution in [2.45, 2.75) is 30.8 Å². The highest BCUT2D eigenvalue weighted by atomic mass is 16.6. The molecule has 0 radical (unpaired) electrons. The fourth-order valence-electron chi connectivity index (χ4n) is 7.00. The molecule has 3 aliphatic heterocycles. The summed E-state index contributed by atoms with van der Waals surface area (Å²) in [5.74, 6) is -0.862. The van der Waals surface area contributed by atoms with E-state index in [1.54, 1.807) is 6.92 Å². The van der Waals surface area contributed by atoms with Crippen molar-refractivity contribution in [1.82, 2.24) is 14.5 Å². The third-order valence-electron chi connectivity index (χ3n) is 8.46. The van der Waals surface area contributed by atoms with E-state index in [2.05, 4.69) is 5.32 Å². The molecule has 1 saturated heterocycles. The van der Waals surface area contributed by atoms with E-state index in [1.165, 1.54) is 7.11 Å². The average molecular weight is 467 g/mol. The normalized spacial score (nSPS) is 26.7. The molecule has 8 nitrogen and oxygen atoms in total. The number of aromatic nitrogens is 2. The van der Waals surface area contributed by atoms with E-state index < -0.39 is 23.3 Å². The summed E-state index contributed by atoms with van der Waals surface area (Å²) in [6, 6.07) is 14.9. The summed E-state index contributed by atoms with van der Waals surface area (Å²) in [6.07, 6.45) is 0. The predicted molar refractivity (Wildman–Crippen MR) is 129 cm³/mol. The zero-order valence-corrected chi connectivity index (χ0v) is 19.1. The van der Waals surface area contributed by atoms with Crippen molar-refractivity contribution in [2.24, 2.45) is 0 Å². The predicted octanol–water partition coefficient (Wildman–Crippen LogP) is 3.31. The molecule has 2 aromatic heterocycles. The Labute approximate surface area is 198 Å². The molecule has 0 aliphatic carbocycles. The summed E-state index contributed by atoms with van der Waals surface area (Å²) in [5, 5.41) is 19.0. The van der Waals surface area contributed by atoms with Crippen molar-refractivity contribution in [3.63, 3.8) is 0 Å². The van der Waals surface area contributed by atoms with Gasteiger partial charge in [-0.2, -0.15) is 0 Å². The fourth-order valence-corrected chi connectivity index (χ4v) is 7.00. The number of amides is 1. The molecule has 35 heavy (non-hydrogen) atoms. The summed E-state index contributed by atoms with van der Waals surface area (Å²) in [4.78, 5) is 26.7. The SMILES string of the molecule is COC(=O)[C@]1(O)[C@H]2CO[C@@]1(C)n1c3ccccc3c3c4c(c5c6ccccc6n2c5c31)C(=O)NC4. The van der Waals surface area contributed by atoms with Crippen LogP contribution in [0.15, 0.2) is 48.5 Å². The third-order valence-corrected chi connectivity index (χ3v) is 8.46. The Hall–Kier alpha value is -3.88. The molecular formula is C27H21N3O5. The fraction of sp³-hybridized carbons (Fsp3) is 0.259. The summed E-state index contributed by atoms with van der Waals surface area (Å²) < 4.78 is 15.6. The molecule has 5 aromatic rings. The van der Waals surface area contributed by atoms with E-state index in [0.29, 0.717) is 12.1 Å². The first-order chi connectivity index (χ1) is 16.9. The van der Waals surface area contributed by atoms with Gasteiger partial charge in [-0.15, -0.1) is 0 Å². The van der Waals surface area contributed by atoms with Crippen LogP contribution in [0.4, 0.5) is 0 Å². The van der Waals surface area contributed by atoms with Crippen LogP contribution >= 0.6 is 0 Å². The van der Waals surface area contributed by atoms with Crippen LogP contribution in [0.25, 0.3) is 43.6 Å². The van der Waals surface area contributed by atoms with Crippen molar-refractivity contribution >= 4 is 55.5 Å². The Morgan fingerprint density at radius 3 is 2.51 bits per heavy atom. The quantitative estimate of drug-likeness (QED) is 0.369. The summed E-state index contributed by atoms with van der Waals surface area (Å²) >= 11 is 0. The first kappa shape index (κ1) is 19.4. The van der Waals surface area contributed by atoms with Crippen molar-refractivity contribution < 1.29 is 24.2 Å². The highest BCUT2D eigenvalue weighted by molar-refractivity contribution is 6.31. The Balaban J connectivity index is 1.77. The van der Waals surface area contributed by atoms with E-state index >= 15 is 0 Å². The molecular weight excluding hydrogens is 446 g/mol. The number of para-hydroxylation sites is 2. The molecule has 2 N–H and O–H groups in total. The molecule has 8 heteroatoms. The van der Waals surface area contributed by atoms with Gasteiger partial charge in [0.25, 0.3) is 5.91 Å². The molecule has 3 aromatic carbocycles. The van der Waals surface area contributed by atoms with E-state index in [4.69, 9.17) is 9.47 Å². The molecule has 3 aliphatic rings. The van der Waals surface area contributed by atoms with Gasteiger partial charge in [0.15, 0.2) is 5.72 Å². The minimum atomic E-state index is -2.02. The molecule has 1 amide bonds. The number of carbonyl (C=O) groups is 2. The van der Waals surface area contributed by atoms with E-state index in [9.17, 15) is 14.7 Å². The van der Waals surface area contributed by atoms with Crippen molar-refractivity contribution in [2.75, 3.05) is 13.7 Å². The number of nitrogens with zero attached hydrogens (tertiary/aromatic N) is 2. The number of hydrogen-bond acceptors (Lipinski definition) is 5.